The van der Waals surface area contributed by atoms with Gasteiger partial charge in [-0.25, -0.2) is 4.79 Å². The van der Waals surface area contributed by atoms with Crippen LogP contribution < -0.4 is 15.2 Å². The van der Waals surface area contributed by atoms with Crippen molar-refractivity contribution in [3.05, 3.63) is 65.9 Å². The van der Waals surface area contributed by atoms with Crippen LogP contribution in [0.5, 0.6) is 11.5 Å². The summed E-state index contributed by atoms with van der Waals surface area (Å²) < 4.78 is 17.8. The molecule has 1 aliphatic rings. The lowest BCUT2D eigenvalue weighted by molar-refractivity contribution is 0.00793. The van der Waals surface area contributed by atoms with Gasteiger partial charge in [0, 0.05) is 18.1 Å². The van der Waals surface area contributed by atoms with Crippen molar-refractivity contribution in [3.8, 4) is 11.5 Å². The van der Waals surface area contributed by atoms with Gasteiger partial charge in [0.1, 0.15) is 29.8 Å². The Balaban J connectivity index is 1.57. The number of aromatic nitrogens is 1. The first-order valence-electron chi connectivity index (χ1n) is 11.7. The number of ether oxygens (including phenoxy) is 3. The summed E-state index contributed by atoms with van der Waals surface area (Å²) in [7, 11) is 0. The number of carbonyl (C=O) groups is 2. The summed E-state index contributed by atoms with van der Waals surface area (Å²) in [4.78, 5) is 30.7. The summed E-state index contributed by atoms with van der Waals surface area (Å²) in [5, 5.41) is 0.704. The second-order valence-electron chi connectivity index (χ2n) is 9.62. The van der Waals surface area contributed by atoms with Crippen molar-refractivity contribution in [1.29, 1.82) is 0 Å². The van der Waals surface area contributed by atoms with Crippen LogP contribution in [0.4, 0.5) is 4.79 Å². The number of likely N-dealkylation sites (tertiary alicyclic amines) is 1. The van der Waals surface area contributed by atoms with Crippen molar-refractivity contribution < 1.29 is 23.8 Å². The van der Waals surface area contributed by atoms with E-state index < -0.39 is 11.5 Å². The largest absolute Gasteiger partial charge is 0.488 e. The van der Waals surface area contributed by atoms with Crippen molar-refractivity contribution in [2.45, 2.75) is 51.9 Å². The molecule has 0 aliphatic carbocycles. The molecule has 2 heterocycles. The molecular formula is C27H31N3O5. The fourth-order valence-electron chi connectivity index (χ4n) is 4.00. The Morgan fingerprint density at radius 3 is 2.60 bits per heavy atom. The summed E-state index contributed by atoms with van der Waals surface area (Å²) in [6.45, 7) is 6.90. The van der Waals surface area contributed by atoms with E-state index in [-0.39, 0.29) is 24.4 Å². The first kappa shape index (κ1) is 24.3. The van der Waals surface area contributed by atoms with Gasteiger partial charge in [0.2, 0.25) is 0 Å². The lowest BCUT2D eigenvalue weighted by atomic mass is 10.1. The molecule has 3 aromatic rings. The van der Waals surface area contributed by atoms with Gasteiger partial charge in [0.25, 0.3) is 5.91 Å². The van der Waals surface area contributed by atoms with E-state index in [0.717, 1.165) is 18.4 Å². The van der Waals surface area contributed by atoms with Gasteiger partial charge in [-0.3, -0.25) is 9.78 Å². The molecule has 184 valence electrons. The van der Waals surface area contributed by atoms with Gasteiger partial charge in [0.05, 0.1) is 17.6 Å². The monoisotopic (exact) mass is 477 g/mol. The minimum atomic E-state index is -0.594. The Labute approximate surface area is 205 Å². The average Bonchev–Trinajstić information content (AvgIpc) is 2.82. The molecule has 2 amide bonds. The smallest absolute Gasteiger partial charge is 0.410 e. The van der Waals surface area contributed by atoms with E-state index in [2.05, 4.69) is 4.98 Å². The van der Waals surface area contributed by atoms with Crippen molar-refractivity contribution in [3.63, 3.8) is 0 Å². The molecule has 0 saturated carbocycles. The van der Waals surface area contributed by atoms with Crippen molar-refractivity contribution in [2.75, 3.05) is 13.1 Å². The minimum absolute atomic E-state index is 0.202. The summed E-state index contributed by atoms with van der Waals surface area (Å²) >= 11 is 0. The number of rotatable bonds is 6. The van der Waals surface area contributed by atoms with Crippen LogP contribution in [0.25, 0.3) is 10.9 Å². The highest BCUT2D eigenvalue weighted by Gasteiger charge is 2.29. The molecular weight excluding hydrogens is 446 g/mol. The number of nitrogens with zero attached hydrogens (tertiary/aromatic N) is 2. The second-order valence-corrected chi connectivity index (χ2v) is 9.62. The third-order valence-electron chi connectivity index (χ3n) is 5.63. The molecule has 35 heavy (non-hydrogen) atoms. The van der Waals surface area contributed by atoms with Crippen LogP contribution in [-0.4, -0.2) is 46.7 Å². The van der Waals surface area contributed by atoms with Gasteiger partial charge in [0.15, 0.2) is 0 Å². The maximum Gasteiger partial charge on any atom is 0.410 e. The van der Waals surface area contributed by atoms with E-state index >= 15 is 0 Å². The maximum atomic E-state index is 12.5. The molecule has 1 fully saturated rings. The van der Waals surface area contributed by atoms with Gasteiger partial charge in [-0.2, -0.15) is 0 Å². The highest BCUT2D eigenvalue weighted by molar-refractivity contribution is 6.01. The number of hydrogen-bond donors (Lipinski definition) is 1. The Morgan fingerprint density at radius 2 is 1.89 bits per heavy atom. The Morgan fingerprint density at radius 1 is 1.11 bits per heavy atom. The Hall–Kier alpha value is -3.81. The predicted molar refractivity (Wildman–Crippen MR) is 132 cm³/mol. The Bertz CT molecular complexity index is 1210. The fraction of sp³-hybridized carbons (Fsp3) is 0.370. The predicted octanol–water partition coefficient (Wildman–Crippen LogP) is 4.69. The number of pyridine rings is 1. The van der Waals surface area contributed by atoms with Gasteiger partial charge in [-0.05, 0) is 57.4 Å². The summed E-state index contributed by atoms with van der Waals surface area (Å²) in [6.07, 6.45) is 2.70. The van der Waals surface area contributed by atoms with E-state index in [0.29, 0.717) is 35.5 Å². The lowest BCUT2D eigenvalue weighted by Crippen LogP contribution is -2.46. The van der Waals surface area contributed by atoms with E-state index in [1.165, 1.54) is 0 Å². The molecule has 1 atom stereocenters. The van der Waals surface area contributed by atoms with Crippen LogP contribution >= 0.6 is 0 Å². The van der Waals surface area contributed by atoms with Crippen molar-refractivity contribution in [1.82, 2.24) is 9.88 Å². The number of carbonyl (C=O) groups excluding carboxylic acids is 2. The molecule has 4 rings (SSSR count). The molecule has 8 heteroatoms. The van der Waals surface area contributed by atoms with E-state index in [1.54, 1.807) is 29.3 Å². The zero-order chi connectivity index (χ0) is 25.0. The average molecular weight is 478 g/mol. The van der Waals surface area contributed by atoms with Crippen LogP contribution in [-0.2, 0) is 11.3 Å². The molecule has 1 saturated heterocycles. The van der Waals surface area contributed by atoms with Gasteiger partial charge < -0.3 is 24.8 Å². The highest BCUT2D eigenvalue weighted by atomic mass is 16.6. The summed E-state index contributed by atoms with van der Waals surface area (Å²) in [6, 6.07) is 14.8. The minimum Gasteiger partial charge on any atom is -0.488 e. The van der Waals surface area contributed by atoms with Crippen LogP contribution in [0.2, 0.25) is 0 Å². The second kappa shape index (κ2) is 10.2. The van der Waals surface area contributed by atoms with Crippen LogP contribution in [0.1, 0.15) is 49.5 Å². The summed E-state index contributed by atoms with van der Waals surface area (Å²) in [5.41, 5.74) is 6.86. The normalized spacial score (nSPS) is 16.1. The molecule has 2 aromatic carbocycles. The molecule has 0 radical (unpaired) electrons. The SMILES string of the molecule is CC(C)(C)OC(=O)N1CCC[C@@H](Oc2ccnc3cc(C(N)=O)c(OCc4ccccc4)cc23)C1. The number of amides is 2. The number of primary amides is 1. The highest BCUT2D eigenvalue weighted by Crippen LogP contribution is 2.33. The third-order valence-corrected chi connectivity index (χ3v) is 5.63. The zero-order valence-electron chi connectivity index (χ0n) is 20.3. The number of benzene rings is 2. The van der Waals surface area contributed by atoms with E-state index in [9.17, 15) is 9.59 Å². The van der Waals surface area contributed by atoms with E-state index in [4.69, 9.17) is 19.9 Å². The number of hydrogen-bond acceptors (Lipinski definition) is 6. The lowest BCUT2D eigenvalue weighted by Gasteiger charge is -2.34. The third kappa shape index (κ3) is 6.20. The Kier molecular flexibility index (Phi) is 7.10. The van der Waals surface area contributed by atoms with Crippen LogP contribution in [0, 0.1) is 0 Å². The standard InChI is InChI=1S/C27H31N3O5/c1-27(2,3)35-26(32)30-13-7-10-19(16-30)34-23-11-12-29-22-14-21(25(28)31)24(15-20(22)23)33-17-18-8-5-4-6-9-18/h4-6,8-9,11-12,14-15,19H,7,10,13,16-17H2,1-3H3,(H2,28,31)/t19-/m1/s1. The molecule has 0 unspecified atom stereocenters. The fourth-order valence-corrected chi connectivity index (χ4v) is 4.00. The van der Waals surface area contributed by atoms with Gasteiger partial charge in [-0.15, -0.1) is 0 Å². The van der Waals surface area contributed by atoms with Crippen LogP contribution in [0.15, 0.2) is 54.7 Å². The number of piperidine rings is 1. The molecule has 0 bridgehead atoms. The summed E-state index contributed by atoms with van der Waals surface area (Å²) in [5.74, 6) is 0.376. The molecule has 8 nitrogen and oxygen atoms in total. The van der Waals surface area contributed by atoms with Crippen molar-refractivity contribution in [2.24, 2.45) is 5.73 Å². The van der Waals surface area contributed by atoms with Gasteiger partial charge in [-0.1, -0.05) is 30.3 Å². The quantitative estimate of drug-likeness (QED) is 0.552. The first-order valence-corrected chi connectivity index (χ1v) is 11.7. The molecule has 1 aromatic heterocycles. The topological polar surface area (TPSA) is 104 Å². The van der Waals surface area contributed by atoms with Crippen LogP contribution in [0.3, 0.4) is 0 Å². The molecule has 1 aliphatic heterocycles. The number of fused-ring (bicyclic) bond motifs is 1. The van der Waals surface area contributed by atoms with Gasteiger partial charge >= 0.3 is 6.09 Å². The molecule has 2 N–H and O–H groups in total. The number of nitrogens with two attached hydrogens (primary N) is 1. The molecule has 0 spiro atoms. The van der Waals surface area contributed by atoms with Crippen molar-refractivity contribution >= 4 is 22.9 Å². The zero-order valence-corrected chi connectivity index (χ0v) is 20.3. The first-order chi connectivity index (χ1) is 16.7. The van der Waals surface area contributed by atoms with E-state index in [1.807, 2.05) is 51.1 Å². The maximum absolute atomic E-state index is 12.5.